The van der Waals surface area contributed by atoms with Crippen molar-refractivity contribution in [1.82, 2.24) is 0 Å². The molecule has 4 heteroatoms. The fourth-order valence-corrected chi connectivity index (χ4v) is 2.78. The lowest BCUT2D eigenvalue weighted by Crippen LogP contribution is -2.86. The van der Waals surface area contributed by atoms with Crippen molar-refractivity contribution in [2.45, 2.75) is 12.8 Å². The highest BCUT2D eigenvalue weighted by atomic mass is 32.2. The van der Waals surface area contributed by atoms with Gasteiger partial charge in [-0.05, 0) is 5.92 Å². The maximum absolute atomic E-state index is 10.9. The SMILES string of the molecule is CS(=O)(=O)CC1CC[NH2+]CC1. The third kappa shape index (κ3) is 3.72. The Kier molecular flexibility index (Phi) is 2.90. The summed E-state index contributed by atoms with van der Waals surface area (Å²) >= 11 is 0. The van der Waals surface area contributed by atoms with E-state index in [2.05, 4.69) is 5.32 Å². The van der Waals surface area contributed by atoms with Crippen molar-refractivity contribution in [2.24, 2.45) is 5.92 Å². The summed E-state index contributed by atoms with van der Waals surface area (Å²) in [5, 5.41) is 2.25. The van der Waals surface area contributed by atoms with Gasteiger partial charge in [-0.1, -0.05) is 0 Å². The molecule has 2 N–H and O–H groups in total. The van der Waals surface area contributed by atoms with E-state index in [0.717, 1.165) is 25.9 Å². The van der Waals surface area contributed by atoms with E-state index in [0.29, 0.717) is 11.7 Å². The van der Waals surface area contributed by atoms with Crippen LogP contribution in [0.15, 0.2) is 0 Å². The highest BCUT2D eigenvalue weighted by Crippen LogP contribution is 2.10. The van der Waals surface area contributed by atoms with Crippen LogP contribution < -0.4 is 5.32 Å². The highest BCUT2D eigenvalue weighted by Gasteiger charge is 2.19. The third-order valence-corrected chi connectivity index (χ3v) is 3.17. The normalized spacial score (nSPS) is 21.9. The second kappa shape index (κ2) is 3.54. The largest absolute Gasteiger partial charge is 0.346 e. The molecular weight excluding hydrogens is 162 g/mol. The molecule has 0 aliphatic carbocycles. The van der Waals surface area contributed by atoms with Crippen molar-refractivity contribution in [1.29, 1.82) is 0 Å². The first-order chi connectivity index (χ1) is 5.08. The van der Waals surface area contributed by atoms with Gasteiger partial charge in [0.25, 0.3) is 0 Å². The summed E-state index contributed by atoms with van der Waals surface area (Å²) in [5.41, 5.74) is 0. The van der Waals surface area contributed by atoms with E-state index >= 15 is 0 Å². The highest BCUT2D eigenvalue weighted by molar-refractivity contribution is 7.90. The summed E-state index contributed by atoms with van der Waals surface area (Å²) in [6, 6.07) is 0. The summed E-state index contributed by atoms with van der Waals surface area (Å²) in [6.07, 6.45) is 3.45. The zero-order chi connectivity index (χ0) is 8.32. The van der Waals surface area contributed by atoms with Crippen LogP contribution in [-0.4, -0.2) is 33.5 Å². The minimum absolute atomic E-state index is 0.390. The van der Waals surface area contributed by atoms with E-state index in [-0.39, 0.29) is 0 Å². The van der Waals surface area contributed by atoms with Crippen LogP contribution in [0.1, 0.15) is 12.8 Å². The minimum atomic E-state index is -2.74. The first-order valence-electron chi connectivity index (χ1n) is 4.07. The van der Waals surface area contributed by atoms with Crippen LogP contribution in [0, 0.1) is 5.92 Å². The lowest BCUT2D eigenvalue weighted by molar-refractivity contribution is -0.664. The van der Waals surface area contributed by atoms with Gasteiger partial charge in [-0.15, -0.1) is 0 Å². The van der Waals surface area contributed by atoms with Gasteiger partial charge < -0.3 is 5.32 Å². The number of piperidine rings is 1. The summed E-state index contributed by atoms with van der Waals surface area (Å²) in [4.78, 5) is 0. The molecule has 0 amide bonds. The van der Waals surface area contributed by atoms with E-state index in [1.54, 1.807) is 0 Å². The smallest absolute Gasteiger partial charge is 0.147 e. The Hall–Kier alpha value is -0.0900. The molecule has 0 unspecified atom stereocenters. The molecule has 0 radical (unpaired) electrons. The van der Waals surface area contributed by atoms with E-state index < -0.39 is 9.84 Å². The van der Waals surface area contributed by atoms with Crippen LogP contribution in [-0.2, 0) is 9.84 Å². The summed E-state index contributed by atoms with van der Waals surface area (Å²) in [6.45, 7) is 2.19. The van der Waals surface area contributed by atoms with Crippen LogP contribution in [0.4, 0.5) is 0 Å². The second-order valence-corrected chi connectivity index (χ2v) is 5.59. The molecule has 1 rings (SSSR count). The second-order valence-electron chi connectivity index (χ2n) is 3.40. The Morgan fingerprint density at radius 1 is 1.36 bits per heavy atom. The molecule has 1 fully saturated rings. The maximum atomic E-state index is 10.9. The number of hydrogen-bond donors (Lipinski definition) is 1. The first-order valence-corrected chi connectivity index (χ1v) is 6.13. The van der Waals surface area contributed by atoms with Crippen LogP contribution in [0.5, 0.6) is 0 Å². The number of hydrogen-bond acceptors (Lipinski definition) is 2. The monoisotopic (exact) mass is 178 g/mol. The van der Waals surface area contributed by atoms with Gasteiger partial charge in [0.1, 0.15) is 9.84 Å². The molecule has 0 aromatic carbocycles. The Balaban J connectivity index is 2.36. The van der Waals surface area contributed by atoms with Gasteiger partial charge in [0.05, 0.1) is 18.8 Å². The molecule has 0 spiro atoms. The van der Waals surface area contributed by atoms with Gasteiger partial charge >= 0.3 is 0 Å². The zero-order valence-corrected chi connectivity index (χ0v) is 7.73. The predicted octanol–water partition coefficient (Wildman–Crippen LogP) is -0.996. The fourth-order valence-electron chi connectivity index (χ4n) is 1.59. The molecule has 3 nitrogen and oxygen atoms in total. The summed E-state index contributed by atoms with van der Waals surface area (Å²) in [7, 11) is -2.74. The summed E-state index contributed by atoms with van der Waals surface area (Å²) < 4.78 is 21.8. The fraction of sp³-hybridized carbons (Fsp3) is 1.00. The lowest BCUT2D eigenvalue weighted by atomic mass is 10.0. The van der Waals surface area contributed by atoms with Gasteiger partial charge in [0.2, 0.25) is 0 Å². The van der Waals surface area contributed by atoms with Gasteiger partial charge in [0, 0.05) is 19.1 Å². The van der Waals surface area contributed by atoms with E-state index in [1.165, 1.54) is 6.26 Å². The average Bonchev–Trinajstić information content (AvgIpc) is 1.85. The number of nitrogens with two attached hydrogens (primary N) is 1. The lowest BCUT2D eigenvalue weighted by Gasteiger charge is -2.18. The van der Waals surface area contributed by atoms with Crippen LogP contribution in [0.2, 0.25) is 0 Å². The Labute approximate surface area is 68.1 Å². The van der Waals surface area contributed by atoms with Crippen LogP contribution in [0.3, 0.4) is 0 Å². The van der Waals surface area contributed by atoms with Gasteiger partial charge in [0.15, 0.2) is 0 Å². The van der Waals surface area contributed by atoms with E-state index in [1.807, 2.05) is 0 Å². The van der Waals surface area contributed by atoms with Crippen LogP contribution in [0.25, 0.3) is 0 Å². The Bertz CT molecular complexity index is 204. The first kappa shape index (κ1) is 9.00. The molecule has 0 saturated carbocycles. The van der Waals surface area contributed by atoms with Crippen LogP contribution >= 0.6 is 0 Å². The minimum Gasteiger partial charge on any atom is -0.346 e. The van der Waals surface area contributed by atoms with Crippen molar-refractivity contribution in [3.05, 3.63) is 0 Å². The third-order valence-electron chi connectivity index (χ3n) is 2.10. The molecule has 0 atom stereocenters. The van der Waals surface area contributed by atoms with Crippen molar-refractivity contribution in [3.8, 4) is 0 Å². The van der Waals surface area contributed by atoms with Crippen molar-refractivity contribution >= 4 is 9.84 Å². The maximum Gasteiger partial charge on any atom is 0.147 e. The Morgan fingerprint density at radius 3 is 2.36 bits per heavy atom. The van der Waals surface area contributed by atoms with E-state index in [9.17, 15) is 8.42 Å². The molecular formula is C7H16NO2S+. The quantitative estimate of drug-likeness (QED) is 0.590. The van der Waals surface area contributed by atoms with Gasteiger partial charge in [-0.2, -0.15) is 0 Å². The number of rotatable bonds is 2. The van der Waals surface area contributed by atoms with Gasteiger partial charge in [-0.3, -0.25) is 0 Å². The topological polar surface area (TPSA) is 50.8 Å². The van der Waals surface area contributed by atoms with Gasteiger partial charge in [-0.25, -0.2) is 8.42 Å². The molecule has 0 bridgehead atoms. The molecule has 0 aromatic rings. The standard InChI is InChI=1S/C7H15NO2S/c1-11(9,10)6-7-2-4-8-5-3-7/h7-8H,2-6H2,1H3/p+1. The molecule has 11 heavy (non-hydrogen) atoms. The van der Waals surface area contributed by atoms with Crippen molar-refractivity contribution in [3.63, 3.8) is 0 Å². The van der Waals surface area contributed by atoms with Crippen molar-refractivity contribution < 1.29 is 13.7 Å². The molecule has 66 valence electrons. The number of sulfone groups is 1. The van der Waals surface area contributed by atoms with Crippen molar-refractivity contribution in [2.75, 3.05) is 25.1 Å². The molecule has 1 heterocycles. The molecule has 1 aliphatic heterocycles. The predicted molar refractivity (Wildman–Crippen MR) is 44.1 cm³/mol. The average molecular weight is 178 g/mol. The Morgan fingerprint density at radius 2 is 1.91 bits per heavy atom. The van der Waals surface area contributed by atoms with E-state index in [4.69, 9.17) is 0 Å². The zero-order valence-electron chi connectivity index (χ0n) is 6.91. The molecule has 0 aromatic heterocycles. The molecule has 1 saturated heterocycles. The number of quaternary nitrogens is 1. The summed E-state index contributed by atoms with van der Waals surface area (Å²) in [5.74, 6) is 0.816. The molecule has 1 aliphatic rings.